The van der Waals surface area contributed by atoms with Gasteiger partial charge in [0.2, 0.25) is 0 Å². The van der Waals surface area contributed by atoms with E-state index < -0.39 is 17.8 Å². The molecule has 4 rings (SSSR count). The first kappa shape index (κ1) is 17.5. The number of hydrogen-bond donors (Lipinski definition) is 0. The molecule has 0 saturated carbocycles. The lowest BCUT2D eigenvalue weighted by Crippen LogP contribution is -2.57. The Labute approximate surface area is 161 Å². The number of urea groups is 1. The summed E-state index contributed by atoms with van der Waals surface area (Å²) >= 11 is 0. The average molecular weight is 371 g/mol. The fourth-order valence-electron chi connectivity index (χ4n) is 3.11. The van der Waals surface area contributed by atoms with Crippen molar-refractivity contribution in [3.8, 4) is 0 Å². The summed E-state index contributed by atoms with van der Waals surface area (Å²) in [6.07, 6.45) is 3.34. The molecule has 1 fully saturated rings. The molecular weight excluding hydrogens is 354 g/mol. The molecule has 6 heteroatoms. The fraction of sp³-hybridized carbons (Fsp3) is 0.0455. The van der Waals surface area contributed by atoms with Crippen molar-refractivity contribution in [3.63, 3.8) is 0 Å². The van der Waals surface area contributed by atoms with Gasteiger partial charge in [0, 0.05) is 18.9 Å². The second-order valence-corrected chi connectivity index (χ2v) is 6.34. The van der Waals surface area contributed by atoms with Gasteiger partial charge in [-0.05, 0) is 42.5 Å². The van der Waals surface area contributed by atoms with Crippen molar-refractivity contribution < 1.29 is 14.4 Å². The normalized spacial score (nSPS) is 14.6. The first-order chi connectivity index (χ1) is 13.6. The van der Waals surface area contributed by atoms with Gasteiger partial charge in [0.05, 0.1) is 11.4 Å². The minimum Gasteiger partial charge on any atom is -0.351 e. The molecule has 3 aromatic rings. The third kappa shape index (κ3) is 2.91. The summed E-state index contributed by atoms with van der Waals surface area (Å²) in [4.78, 5) is 41.5. The maximum atomic E-state index is 13.1. The number of hydrogen-bond acceptors (Lipinski definition) is 3. The summed E-state index contributed by atoms with van der Waals surface area (Å²) in [5.74, 6) is -1.29. The summed E-state index contributed by atoms with van der Waals surface area (Å²) in [6, 6.07) is 20.1. The number of aromatic nitrogens is 1. The maximum absolute atomic E-state index is 13.1. The van der Waals surface area contributed by atoms with E-state index in [1.165, 1.54) is 6.08 Å². The first-order valence-corrected chi connectivity index (χ1v) is 8.74. The van der Waals surface area contributed by atoms with Gasteiger partial charge in [-0.25, -0.2) is 14.6 Å². The van der Waals surface area contributed by atoms with Crippen molar-refractivity contribution in [1.82, 2.24) is 4.57 Å². The molecule has 0 unspecified atom stereocenters. The predicted octanol–water partition coefficient (Wildman–Crippen LogP) is 3.61. The number of imide groups is 2. The minimum atomic E-state index is -0.698. The molecule has 1 aromatic heterocycles. The minimum absolute atomic E-state index is 0.0749. The molecule has 0 spiro atoms. The van der Waals surface area contributed by atoms with Crippen molar-refractivity contribution in [2.24, 2.45) is 7.05 Å². The van der Waals surface area contributed by atoms with Crippen molar-refractivity contribution in [3.05, 3.63) is 90.3 Å². The summed E-state index contributed by atoms with van der Waals surface area (Å²) in [5, 5.41) is 0. The van der Waals surface area contributed by atoms with Gasteiger partial charge in [-0.2, -0.15) is 0 Å². The highest BCUT2D eigenvalue weighted by molar-refractivity contribution is 6.46. The number of aryl methyl sites for hydroxylation is 1. The summed E-state index contributed by atoms with van der Waals surface area (Å²) in [7, 11) is 1.82. The van der Waals surface area contributed by atoms with E-state index >= 15 is 0 Å². The lowest BCUT2D eigenvalue weighted by Gasteiger charge is -2.33. The second-order valence-electron chi connectivity index (χ2n) is 6.34. The van der Waals surface area contributed by atoms with Gasteiger partial charge in [-0.1, -0.05) is 36.4 Å². The first-order valence-electron chi connectivity index (χ1n) is 8.74. The molecule has 6 nitrogen and oxygen atoms in total. The third-order valence-corrected chi connectivity index (χ3v) is 4.55. The van der Waals surface area contributed by atoms with E-state index in [-0.39, 0.29) is 5.57 Å². The molecule has 2 heterocycles. The predicted molar refractivity (Wildman–Crippen MR) is 107 cm³/mol. The van der Waals surface area contributed by atoms with E-state index in [0.717, 1.165) is 9.80 Å². The largest absolute Gasteiger partial charge is 0.351 e. The van der Waals surface area contributed by atoms with Crippen molar-refractivity contribution in [1.29, 1.82) is 0 Å². The van der Waals surface area contributed by atoms with E-state index in [9.17, 15) is 14.4 Å². The van der Waals surface area contributed by atoms with Gasteiger partial charge in [0.25, 0.3) is 11.8 Å². The fourth-order valence-corrected chi connectivity index (χ4v) is 3.11. The monoisotopic (exact) mass is 371 g/mol. The number of benzene rings is 2. The van der Waals surface area contributed by atoms with Crippen molar-refractivity contribution >= 4 is 35.3 Å². The van der Waals surface area contributed by atoms with E-state index in [1.54, 1.807) is 71.3 Å². The molecule has 0 N–H and O–H groups in total. The van der Waals surface area contributed by atoms with Gasteiger partial charge < -0.3 is 4.57 Å². The van der Waals surface area contributed by atoms with Crippen LogP contribution in [-0.2, 0) is 16.6 Å². The van der Waals surface area contributed by atoms with Crippen LogP contribution in [0.4, 0.5) is 16.2 Å². The smallest absolute Gasteiger partial charge is 0.343 e. The highest BCUT2D eigenvalue weighted by Gasteiger charge is 2.43. The molecule has 1 aliphatic rings. The van der Waals surface area contributed by atoms with Crippen LogP contribution in [0.3, 0.4) is 0 Å². The van der Waals surface area contributed by atoms with E-state index in [4.69, 9.17) is 0 Å². The molecule has 2 aromatic carbocycles. The number of para-hydroxylation sites is 2. The Morgan fingerprint density at radius 3 is 1.61 bits per heavy atom. The van der Waals surface area contributed by atoms with Crippen LogP contribution in [0.25, 0.3) is 6.08 Å². The van der Waals surface area contributed by atoms with Crippen LogP contribution >= 0.6 is 0 Å². The molecule has 0 radical (unpaired) electrons. The van der Waals surface area contributed by atoms with E-state index in [2.05, 4.69) is 0 Å². The zero-order valence-corrected chi connectivity index (χ0v) is 15.1. The highest BCUT2D eigenvalue weighted by atomic mass is 16.2. The molecule has 0 bridgehead atoms. The van der Waals surface area contributed by atoms with Gasteiger partial charge in [-0.3, -0.25) is 9.59 Å². The summed E-state index contributed by atoms with van der Waals surface area (Å²) in [5.41, 5.74) is 1.42. The Kier molecular flexibility index (Phi) is 4.37. The number of nitrogens with zero attached hydrogens (tertiary/aromatic N) is 3. The number of anilines is 2. The molecule has 0 atom stereocenters. The molecule has 1 aliphatic heterocycles. The van der Waals surface area contributed by atoms with Crippen LogP contribution < -0.4 is 9.80 Å². The Morgan fingerprint density at radius 1 is 0.679 bits per heavy atom. The highest BCUT2D eigenvalue weighted by Crippen LogP contribution is 2.29. The maximum Gasteiger partial charge on any atom is 0.343 e. The lowest BCUT2D eigenvalue weighted by molar-refractivity contribution is -0.121. The Hall–Kier alpha value is -3.93. The number of barbiturate groups is 1. The Bertz CT molecular complexity index is 1020. The topological polar surface area (TPSA) is 62.6 Å². The lowest BCUT2D eigenvalue weighted by atomic mass is 10.1. The molecule has 0 aliphatic carbocycles. The van der Waals surface area contributed by atoms with Crippen LogP contribution in [-0.4, -0.2) is 22.4 Å². The van der Waals surface area contributed by atoms with E-state index in [0.29, 0.717) is 17.1 Å². The van der Waals surface area contributed by atoms with Crippen LogP contribution in [0.2, 0.25) is 0 Å². The van der Waals surface area contributed by atoms with Crippen LogP contribution in [0, 0.1) is 0 Å². The molecular formula is C22H17N3O3. The van der Waals surface area contributed by atoms with Crippen LogP contribution in [0.5, 0.6) is 0 Å². The second kappa shape index (κ2) is 7.00. The van der Waals surface area contributed by atoms with Crippen LogP contribution in [0.1, 0.15) is 5.69 Å². The number of carbonyl (C=O) groups is 3. The quantitative estimate of drug-likeness (QED) is 0.522. The van der Waals surface area contributed by atoms with Crippen molar-refractivity contribution in [2.45, 2.75) is 0 Å². The Balaban J connectivity index is 1.88. The third-order valence-electron chi connectivity index (χ3n) is 4.55. The standard InChI is InChI=1S/C22H17N3O3/c1-23-14-8-13-18(23)15-19-20(26)24(16-9-4-2-5-10-16)22(28)25(21(19)27)17-11-6-3-7-12-17/h2-15H,1H3. The number of carbonyl (C=O) groups excluding carboxylic acids is 3. The number of rotatable bonds is 3. The van der Waals surface area contributed by atoms with Gasteiger partial charge >= 0.3 is 6.03 Å². The summed E-state index contributed by atoms with van der Waals surface area (Å²) < 4.78 is 1.80. The van der Waals surface area contributed by atoms with Crippen LogP contribution in [0.15, 0.2) is 84.6 Å². The Morgan fingerprint density at radius 2 is 1.18 bits per heavy atom. The number of amides is 4. The average Bonchev–Trinajstić information content (AvgIpc) is 3.11. The SMILES string of the molecule is Cn1cccc1C=C1C(=O)N(c2ccccc2)C(=O)N(c2ccccc2)C1=O. The zero-order valence-electron chi connectivity index (χ0n) is 15.1. The molecule has 28 heavy (non-hydrogen) atoms. The van der Waals surface area contributed by atoms with Gasteiger partial charge in [0.1, 0.15) is 5.57 Å². The van der Waals surface area contributed by atoms with Gasteiger partial charge in [0.15, 0.2) is 0 Å². The summed E-state index contributed by atoms with van der Waals surface area (Å²) in [6.45, 7) is 0. The molecule has 138 valence electrons. The van der Waals surface area contributed by atoms with E-state index in [1.807, 2.05) is 19.3 Å². The van der Waals surface area contributed by atoms with Gasteiger partial charge in [-0.15, -0.1) is 0 Å². The van der Waals surface area contributed by atoms with Crippen molar-refractivity contribution in [2.75, 3.05) is 9.80 Å². The molecule has 1 saturated heterocycles. The zero-order chi connectivity index (χ0) is 19.7. The molecule has 4 amide bonds.